The van der Waals surface area contributed by atoms with E-state index in [1.165, 1.54) is 6.42 Å². The van der Waals surface area contributed by atoms with Crippen LogP contribution in [-0.4, -0.2) is 59.5 Å². The van der Waals surface area contributed by atoms with Crippen LogP contribution in [0.5, 0.6) is 0 Å². The zero-order valence-corrected chi connectivity index (χ0v) is 17.3. The van der Waals surface area contributed by atoms with Crippen molar-refractivity contribution in [1.29, 1.82) is 0 Å². The highest BCUT2D eigenvalue weighted by atomic mass is 127. The summed E-state index contributed by atoms with van der Waals surface area (Å²) in [5.74, 6) is 1.20. The number of hydrogen-bond acceptors (Lipinski definition) is 4. The molecule has 7 nitrogen and oxygen atoms in total. The molecule has 0 heterocycles. The topological polar surface area (TPSA) is 91.8 Å². The number of nitrogens with zero attached hydrogens (tertiary/aromatic N) is 1. The van der Waals surface area contributed by atoms with E-state index in [0.717, 1.165) is 19.4 Å². The van der Waals surface area contributed by atoms with Crippen LogP contribution in [0.2, 0.25) is 0 Å². The van der Waals surface area contributed by atoms with Crippen LogP contribution in [0.3, 0.4) is 0 Å². The summed E-state index contributed by atoms with van der Waals surface area (Å²) in [5, 5.41) is 6.12. The molecule has 138 valence electrons. The van der Waals surface area contributed by atoms with Gasteiger partial charge in [-0.15, -0.1) is 24.0 Å². The summed E-state index contributed by atoms with van der Waals surface area (Å²) >= 11 is 0. The van der Waals surface area contributed by atoms with Gasteiger partial charge in [-0.3, -0.25) is 4.99 Å². The first kappa shape index (κ1) is 22.9. The van der Waals surface area contributed by atoms with Crippen molar-refractivity contribution in [2.75, 3.05) is 45.1 Å². The van der Waals surface area contributed by atoms with E-state index in [4.69, 9.17) is 4.74 Å². The third kappa shape index (κ3) is 11.1. The van der Waals surface area contributed by atoms with Crippen molar-refractivity contribution in [1.82, 2.24) is 15.4 Å². The Hall–Kier alpha value is -0.130. The molecule has 3 N–H and O–H groups in total. The summed E-state index contributed by atoms with van der Waals surface area (Å²) in [6.07, 6.45) is 3.49. The van der Waals surface area contributed by atoms with Crippen LogP contribution in [-0.2, 0) is 14.8 Å². The van der Waals surface area contributed by atoms with Crippen LogP contribution >= 0.6 is 24.0 Å². The number of nitrogens with one attached hydrogen (secondary N) is 3. The summed E-state index contributed by atoms with van der Waals surface area (Å²) in [6.45, 7) is 7.33. The van der Waals surface area contributed by atoms with E-state index in [1.807, 2.05) is 13.8 Å². The van der Waals surface area contributed by atoms with E-state index < -0.39 is 10.0 Å². The maximum Gasteiger partial charge on any atom is 0.213 e. The molecule has 9 heteroatoms. The lowest BCUT2D eigenvalue weighted by atomic mass is 9.86. The number of guanidine groups is 1. The van der Waals surface area contributed by atoms with Gasteiger partial charge in [0.2, 0.25) is 10.0 Å². The Morgan fingerprint density at radius 2 is 2.00 bits per heavy atom. The summed E-state index contributed by atoms with van der Waals surface area (Å²) < 4.78 is 31.7. The molecule has 23 heavy (non-hydrogen) atoms. The Bertz CT molecular complexity index is 428. The number of hydrogen-bond donors (Lipinski definition) is 3. The maximum absolute atomic E-state index is 11.9. The smallest absolute Gasteiger partial charge is 0.213 e. The van der Waals surface area contributed by atoms with Crippen LogP contribution in [0.1, 0.15) is 33.1 Å². The van der Waals surface area contributed by atoms with Crippen LogP contribution in [0.25, 0.3) is 0 Å². The van der Waals surface area contributed by atoms with E-state index in [1.54, 1.807) is 0 Å². The number of sulfonamides is 1. The quantitative estimate of drug-likeness (QED) is 0.184. The van der Waals surface area contributed by atoms with Crippen molar-refractivity contribution in [2.45, 2.75) is 33.1 Å². The summed E-state index contributed by atoms with van der Waals surface area (Å²) in [6, 6.07) is 0. The van der Waals surface area contributed by atoms with Crippen LogP contribution < -0.4 is 15.4 Å². The SMILES string of the molecule is CCNC(=NCCOCC)NCCS(=O)(=O)NCC1CCC1.I. The van der Waals surface area contributed by atoms with Gasteiger partial charge in [0, 0.05) is 26.2 Å². The van der Waals surface area contributed by atoms with Crippen molar-refractivity contribution in [3.05, 3.63) is 0 Å². The minimum Gasteiger partial charge on any atom is -0.380 e. The molecule has 0 spiro atoms. The lowest BCUT2D eigenvalue weighted by Gasteiger charge is -2.25. The van der Waals surface area contributed by atoms with Crippen LogP contribution in [0, 0.1) is 5.92 Å². The Kier molecular flexibility index (Phi) is 13.1. The van der Waals surface area contributed by atoms with E-state index in [2.05, 4.69) is 20.3 Å². The molecule has 0 aromatic rings. The number of ether oxygens (including phenoxy) is 1. The third-order valence-corrected chi connectivity index (χ3v) is 4.88. The largest absolute Gasteiger partial charge is 0.380 e. The second-order valence-corrected chi connectivity index (χ2v) is 7.28. The van der Waals surface area contributed by atoms with Gasteiger partial charge >= 0.3 is 0 Å². The summed E-state index contributed by atoms with van der Waals surface area (Å²) in [7, 11) is -3.21. The maximum atomic E-state index is 11.9. The Balaban J connectivity index is 0.00000484. The molecule has 0 radical (unpaired) electrons. The van der Waals surface area contributed by atoms with Crippen molar-refractivity contribution in [3.63, 3.8) is 0 Å². The van der Waals surface area contributed by atoms with Gasteiger partial charge in [-0.25, -0.2) is 13.1 Å². The second kappa shape index (κ2) is 13.2. The number of halogens is 1. The van der Waals surface area contributed by atoms with Gasteiger partial charge < -0.3 is 15.4 Å². The Morgan fingerprint density at radius 1 is 1.26 bits per heavy atom. The second-order valence-electron chi connectivity index (χ2n) is 5.35. The molecule has 1 saturated carbocycles. The fraction of sp³-hybridized carbons (Fsp3) is 0.929. The van der Waals surface area contributed by atoms with E-state index in [9.17, 15) is 8.42 Å². The first-order valence-electron chi connectivity index (χ1n) is 8.14. The minimum atomic E-state index is -3.21. The number of rotatable bonds is 11. The highest BCUT2D eigenvalue weighted by Crippen LogP contribution is 2.25. The predicted molar refractivity (Wildman–Crippen MR) is 105 cm³/mol. The van der Waals surface area contributed by atoms with Crippen molar-refractivity contribution in [2.24, 2.45) is 10.9 Å². The molecule has 0 amide bonds. The lowest BCUT2D eigenvalue weighted by molar-refractivity contribution is 0.155. The number of aliphatic imine (C=N–C) groups is 1. The van der Waals surface area contributed by atoms with E-state index >= 15 is 0 Å². The van der Waals surface area contributed by atoms with Gasteiger partial charge in [-0.05, 0) is 32.6 Å². The average molecular weight is 462 g/mol. The molecule has 1 fully saturated rings. The standard InChI is InChI=1S/C14H30N4O3S.HI/c1-3-15-14(16-8-10-21-4-2)17-9-11-22(19,20)18-12-13-6-5-7-13;/h13,18H,3-12H2,1-2H3,(H2,15,16,17);1H. The summed E-state index contributed by atoms with van der Waals surface area (Å²) in [5.41, 5.74) is 0. The van der Waals surface area contributed by atoms with Gasteiger partial charge in [0.25, 0.3) is 0 Å². The molecular weight excluding hydrogens is 431 g/mol. The molecule has 0 saturated heterocycles. The average Bonchev–Trinajstić information content (AvgIpc) is 2.41. The molecule has 1 rings (SSSR count). The van der Waals surface area contributed by atoms with Crippen molar-refractivity contribution >= 4 is 40.0 Å². The molecular formula is C14H31IN4O3S. The van der Waals surface area contributed by atoms with Gasteiger partial charge in [-0.1, -0.05) is 6.42 Å². The van der Waals surface area contributed by atoms with Gasteiger partial charge in [0.05, 0.1) is 18.9 Å². The van der Waals surface area contributed by atoms with Crippen LogP contribution in [0.15, 0.2) is 4.99 Å². The molecule has 0 bridgehead atoms. The normalized spacial score (nSPS) is 15.7. The Morgan fingerprint density at radius 3 is 2.57 bits per heavy atom. The zero-order chi connectivity index (χ0) is 16.3. The highest BCUT2D eigenvalue weighted by molar-refractivity contribution is 14.0. The van der Waals surface area contributed by atoms with Crippen LogP contribution in [0.4, 0.5) is 0 Å². The van der Waals surface area contributed by atoms with Crippen molar-refractivity contribution < 1.29 is 13.2 Å². The van der Waals surface area contributed by atoms with E-state index in [0.29, 0.717) is 44.7 Å². The van der Waals surface area contributed by atoms with E-state index in [-0.39, 0.29) is 29.7 Å². The van der Waals surface area contributed by atoms with Crippen molar-refractivity contribution in [3.8, 4) is 0 Å². The molecule has 0 unspecified atom stereocenters. The van der Waals surface area contributed by atoms with Gasteiger partial charge in [0.1, 0.15) is 0 Å². The third-order valence-electron chi connectivity index (χ3n) is 3.53. The first-order chi connectivity index (χ1) is 10.6. The molecule has 1 aliphatic carbocycles. The molecule has 0 aromatic carbocycles. The molecule has 0 aliphatic heterocycles. The summed E-state index contributed by atoms with van der Waals surface area (Å²) in [4.78, 5) is 4.32. The lowest BCUT2D eigenvalue weighted by Crippen LogP contribution is -2.42. The molecule has 0 atom stereocenters. The predicted octanol–water partition coefficient (Wildman–Crippen LogP) is 0.916. The van der Waals surface area contributed by atoms with Gasteiger partial charge in [-0.2, -0.15) is 0 Å². The monoisotopic (exact) mass is 462 g/mol. The fourth-order valence-electron chi connectivity index (χ4n) is 2.03. The molecule has 0 aromatic heterocycles. The molecule has 1 aliphatic rings. The van der Waals surface area contributed by atoms with Gasteiger partial charge in [0.15, 0.2) is 5.96 Å². The first-order valence-corrected chi connectivity index (χ1v) is 9.80. The fourth-order valence-corrected chi connectivity index (χ4v) is 3.03. The zero-order valence-electron chi connectivity index (χ0n) is 14.1. The Labute approximate surface area is 157 Å². The highest BCUT2D eigenvalue weighted by Gasteiger charge is 2.19. The minimum absolute atomic E-state index is 0.